The van der Waals surface area contributed by atoms with Gasteiger partial charge >= 0.3 is 0 Å². The molecule has 8 heterocycles. The molecule has 1 aliphatic carbocycles. The first-order chi connectivity index (χ1) is 19.6. The number of piperazine rings is 1. The number of aromatic nitrogens is 3. The molecule has 1 spiro atoms. The SMILES string of the molecule is O=C1NCC[C@@H]2C[C@H](O)CN2c2ncc(cn2)-c2ccnc(c2)Nc2cccc(c2)CN2CCN(CC2)C12CC2. The van der Waals surface area contributed by atoms with E-state index in [1.807, 2.05) is 24.5 Å². The van der Waals surface area contributed by atoms with Gasteiger partial charge in [-0.05, 0) is 61.1 Å². The van der Waals surface area contributed by atoms with Crippen molar-refractivity contribution in [3.63, 3.8) is 0 Å². The lowest BCUT2D eigenvalue weighted by Gasteiger charge is -2.39. The number of aliphatic hydroxyl groups is 1. The highest BCUT2D eigenvalue weighted by Crippen LogP contribution is 2.42. The van der Waals surface area contributed by atoms with Gasteiger partial charge in [0.1, 0.15) is 11.4 Å². The summed E-state index contributed by atoms with van der Waals surface area (Å²) in [6.45, 7) is 5.65. The molecule has 2 aromatic heterocycles. The molecule has 1 amide bonds. The zero-order chi connectivity index (χ0) is 27.1. The Morgan fingerprint density at radius 3 is 2.60 bits per heavy atom. The summed E-state index contributed by atoms with van der Waals surface area (Å²) in [7, 11) is 0. The molecule has 2 atom stereocenters. The van der Waals surface area contributed by atoms with Gasteiger partial charge in [-0.3, -0.25) is 14.6 Å². The van der Waals surface area contributed by atoms with Crippen molar-refractivity contribution in [2.24, 2.45) is 0 Å². The molecular weight excluding hydrogens is 504 g/mol. The monoisotopic (exact) mass is 540 g/mol. The summed E-state index contributed by atoms with van der Waals surface area (Å²) in [5.41, 5.74) is 3.78. The topological polar surface area (TPSA) is 110 Å². The maximum atomic E-state index is 13.3. The van der Waals surface area contributed by atoms with E-state index in [1.165, 1.54) is 5.56 Å². The number of amides is 1. The molecule has 40 heavy (non-hydrogen) atoms. The number of nitrogens with zero attached hydrogens (tertiary/aromatic N) is 6. The lowest BCUT2D eigenvalue weighted by Crippen LogP contribution is -2.56. The summed E-state index contributed by atoms with van der Waals surface area (Å²) in [5, 5.41) is 17.1. The first kappa shape index (κ1) is 25.4. The number of anilines is 3. The van der Waals surface area contributed by atoms with Crippen molar-refractivity contribution >= 4 is 23.4 Å². The highest BCUT2D eigenvalue weighted by atomic mass is 16.3. The van der Waals surface area contributed by atoms with Crippen molar-refractivity contribution in [1.29, 1.82) is 0 Å². The number of carbonyl (C=O) groups excluding carboxylic acids is 1. The molecular formula is C30H36N8O2. The fraction of sp³-hybridized carbons (Fsp3) is 0.467. The Morgan fingerprint density at radius 2 is 1.80 bits per heavy atom. The van der Waals surface area contributed by atoms with E-state index in [2.05, 4.69) is 64.6 Å². The molecule has 6 aliphatic heterocycles. The highest BCUT2D eigenvalue weighted by Gasteiger charge is 2.54. The van der Waals surface area contributed by atoms with Crippen LogP contribution in [-0.2, 0) is 11.3 Å². The fourth-order valence-corrected chi connectivity index (χ4v) is 6.52. The number of carbonyl (C=O) groups is 1. The van der Waals surface area contributed by atoms with Crippen molar-refractivity contribution in [2.45, 2.75) is 49.9 Å². The van der Waals surface area contributed by atoms with Gasteiger partial charge in [0.05, 0.1) is 6.10 Å². The lowest BCUT2D eigenvalue weighted by molar-refractivity contribution is -0.129. The van der Waals surface area contributed by atoms with Crippen LogP contribution >= 0.6 is 0 Å². The van der Waals surface area contributed by atoms with Gasteiger partial charge in [-0.15, -0.1) is 0 Å². The Labute approximate surface area is 234 Å². The largest absolute Gasteiger partial charge is 0.391 e. The molecule has 1 saturated carbocycles. The minimum absolute atomic E-state index is 0.0770. The summed E-state index contributed by atoms with van der Waals surface area (Å²) in [6.07, 6.45) is 8.27. The number of hydrogen-bond donors (Lipinski definition) is 3. The van der Waals surface area contributed by atoms with E-state index in [-0.39, 0.29) is 17.5 Å². The Hall–Kier alpha value is -3.60. The van der Waals surface area contributed by atoms with E-state index in [9.17, 15) is 9.90 Å². The highest BCUT2D eigenvalue weighted by molar-refractivity contribution is 5.89. The minimum Gasteiger partial charge on any atom is -0.391 e. The summed E-state index contributed by atoms with van der Waals surface area (Å²) in [6, 6.07) is 12.5. The molecule has 7 aliphatic rings. The van der Waals surface area contributed by atoms with E-state index in [4.69, 9.17) is 0 Å². The van der Waals surface area contributed by atoms with E-state index in [1.54, 1.807) is 6.20 Å². The maximum Gasteiger partial charge on any atom is 0.240 e. The Kier molecular flexibility index (Phi) is 6.61. The third-order valence-corrected chi connectivity index (χ3v) is 8.87. The predicted octanol–water partition coefficient (Wildman–Crippen LogP) is 2.39. The molecule has 10 rings (SSSR count). The van der Waals surface area contributed by atoms with Gasteiger partial charge in [0.2, 0.25) is 11.9 Å². The number of hydrogen-bond acceptors (Lipinski definition) is 9. The van der Waals surface area contributed by atoms with Crippen LogP contribution in [0.15, 0.2) is 55.0 Å². The van der Waals surface area contributed by atoms with Gasteiger partial charge in [-0.2, -0.15) is 0 Å². The maximum absolute atomic E-state index is 13.3. The van der Waals surface area contributed by atoms with Crippen molar-refractivity contribution in [3.8, 4) is 11.1 Å². The number of rotatable bonds is 0. The number of aliphatic hydroxyl groups excluding tert-OH is 1. The molecule has 10 heteroatoms. The van der Waals surface area contributed by atoms with Crippen LogP contribution in [0.4, 0.5) is 17.5 Å². The Bertz CT molecular complexity index is 1370. The van der Waals surface area contributed by atoms with Crippen molar-refractivity contribution in [2.75, 3.05) is 49.5 Å². The molecule has 0 radical (unpaired) electrons. The normalized spacial score (nSPS) is 27.6. The summed E-state index contributed by atoms with van der Waals surface area (Å²) in [4.78, 5) is 34.2. The first-order valence-electron chi connectivity index (χ1n) is 14.4. The van der Waals surface area contributed by atoms with E-state index < -0.39 is 6.10 Å². The summed E-state index contributed by atoms with van der Waals surface area (Å²) in [5.74, 6) is 1.52. The summed E-state index contributed by atoms with van der Waals surface area (Å²) >= 11 is 0. The molecule has 1 aromatic carbocycles. The first-order valence-corrected chi connectivity index (χ1v) is 14.4. The second-order valence-corrected chi connectivity index (χ2v) is 11.6. The zero-order valence-corrected chi connectivity index (χ0v) is 22.7. The smallest absolute Gasteiger partial charge is 0.240 e. The molecule has 8 bridgehead atoms. The van der Waals surface area contributed by atoms with Gasteiger partial charge in [0.25, 0.3) is 0 Å². The van der Waals surface area contributed by atoms with Gasteiger partial charge in [0.15, 0.2) is 0 Å². The van der Waals surface area contributed by atoms with E-state index >= 15 is 0 Å². The van der Waals surface area contributed by atoms with Gasteiger partial charge in [-0.25, -0.2) is 15.0 Å². The summed E-state index contributed by atoms with van der Waals surface area (Å²) < 4.78 is 0. The van der Waals surface area contributed by atoms with Gasteiger partial charge < -0.3 is 20.6 Å². The van der Waals surface area contributed by atoms with Crippen LogP contribution in [0.5, 0.6) is 0 Å². The van der Waals surface area contributed by atoms with Crippen LogP contribution in [0.25, 0.3) is 11.1 Å². The minimum atomic E-state index is -0.430. The van der Waals surface area contributed by atoms with Crippen LogP contribution in [0.1, 0.15) is 31.2 Å². The Balaban J connectivity index is 1.17. The average molecular weight is 541 g/mol. The molecule has 208 valence electrons. The average Bonchev–Trinajstić information content (AvgIpc) is 3.70. The fourth-order valence-electron chi connectivity index (χ4n) is 6.52. The molecule has 3 N–H and O–H groups in total. The van der Waals surface area contributed by atoms with Crippen LogP contribution in [-0.4, -0.2) is 92.7 Å². The quantitative estimate of drug-likeness (QED) is 0.396. The van der Waals surface area contributed by atoms with E-state index in [0.29, 0.717) is 25.5 Å². The van der Waals surface area contributed by atoms with Crippen molar-refractivity contribution < 1.29 is 9.90 Å². The third-order valence-electron chi connectivity index (χ3n) is 8.87. The number of pyridine rings is 1. The molecule has 2 saturated heterocycles. The number of nitrogens with one attached hydrogen (secondary N) is 2. The molecule has 0 unspecified atom stereocenters. The van der Waals surface area contributed by atoms with E-state index in [0.717, 1.165) is 74.6 Å². The van der Waals surface area contributed by atoms with Crippen molar-refractivity contribution in [1.82, 2.24) is 30.1 Å². The van der Waals surface area contributed by atoms with Crippen LogP contribution in [0.3, 0.4) is 0 Å². The lowest BCUT2D eigenvalue weighted by atomic mass is 10.1. The van der Waals surface area contributed by atoms with Crippen molar-refractivity contribution in [3.05, 3.63) is 60.6 Å². The predicted molar refractivity (Wildman–Crippen MR) is 153 cm³/mol. The van der Waals surface area contributed by atoms with Gasteiger partial charge in [0, 0.05) is 81.7 Å². The molecule has 10 nitrogen and oxygen atoms in total. The zero-order valence-electron chi connectivity index (χ0n) is 22.7. The second kappa shape index (κ2) is 10.4. The third kappa shape index (κ3) is 5.02. The number of benzene rings is 1. The van der Waals surface area contributed by atoms with Crippen LogP contribution in [0.2, 0.25) is 0 Å². The second-order valence-electron chi connectivity index (χ2n) is 11.6. The standard InChI is InChI=1S/C30H36N8O2/c39-26-16-25-5-9-32-28(40)30(6-7-30)37-12-10-36(11-13-37)19-21-2-1-3-24(14-21)35-27-15-22(4-8-31-27)23-17-33-29(34-18-23)38(25)20-26/h1-4,8,14-15,17-18,25-26,39H,5-7,9-13,16,19-20H2,(H,31,35)(H,32,40)/t25-,26+/m1/s1. The molecule has 3 aromatic rings. The van der Waals surface area contributed by atoms with Crippen LogP contribution < -0.4 is 15.5 Å². The van der Waals surface area contributed by atoms with Gasteiger partial charge in [-0.1, -0.05) is 12.1 Å². The Morgan fingerprint density at radius 1 is 0.975 bits per heavy atom. The van der Waals surface area contributed by atoms with Crippen LogP contribution in [0, 0.1) is 0 Å². The molecule has 3 fully saturated rings.